The van der Waals surface area contributed by atoms with Crippen LogP contribution in [0.3, 0.4) is 0 Å². The van der Waals surface area contributed by atoms with Crippen molar-refractivity contribution >= 4 is 0 Å². The molecule has 1 N–H and O–H groups in total. The summed E-state index contributed by atoms with van der Waals surface area (Å²) >= 11 is 0. The Morgan fingerprint density at radius 1 is 1.19 bits per heavy atom. The molecule has 0 aliphatic rings. The van der Waals surface area contributed by atoms with Gasteiger partial charge in [0.25, 0.3) is 0 Å². The highest BCUT2D eigenvalue weighted by Crippen LogP contribution is 2.20. The summed E-state index contributed by atoms with van der Waals surface area (Å²) in [5.74, 6) is 1.35. The summed E-state index contributed by atoms with van der Waals surface area (Å²) in [5.41, 5.74) is 1.06. The van der Waals surface area contributed by atoms with E-state index in [1.165, 1.54) is 25.7 Å². The first-order valence-electron chi connectivity index (χ1n) is 8.33. The Labute approximate surface area is 129 Å². The van der Waals surface area contributed by atoms with Crippen molar-refractivity contribution in [3.8, 4) is 5.88 Å². The van der Waals surface area contributed by atoms with E-state index >= 15 is 0 Å². The van der Waals surface area contributed by atoms with E-state index in [0.717, 1.165) is 25.1 Å². The molecule has 1 heterocycles. The molecular formula is C17H31N3O. The summed E-state index contributed by atoms with van der Waals surface area (Å²) in [4.78, 5) is 8.49. The van der Waals surface area contributed by atoms with E-state index in [1.54, 1.807) is 13.4 Å². The second-order valence-electron chi connectivity index (χ2n) is 5.63. The van der Waals surface area contributed by atoms with Crippen LogP contribution in [0.5, 0.6) is 5.88 Å². The van der Waals surface area contributed by atoms with Crippen LogP contribution < -0.4 is 10.1 Å². The fourth-order valence-electron chi connectivity index (χ4n) is 2.72. The Balaban J connectivity index is 2.74. The van der Waals surface area contributed by atoms with Crippen LogP contribution in [0.1, 0.15) is 58.6 Å². The van der Waals surface area contributed by atoms with Gasteiger partial charge in [-0.3, -0.25) is 0 Å². The molecule has 0 saturated carbocycles. The number of aromatic nitrogens is 2. The van der Waals surface area contributed by atoms with Crippen LogP contribution in [0.15, 0.2) is 12.4 Å². The van der Waals surface area contributed by atoms with Crippen LogP contribution in [-0.2, 0) is 6.42 Å². The fraction of sp³-hybridized carbons (Fsp3) is 0.765. The summed E-state index contributed by atoms with van der Waals surface area (Å²) in [6, 6.07) is 2.44. The molecule has 120 valence electrons. The number of rotatable bonds is 11. The lowest BCUT2D eigenvalue weighted by atomic mass is 9.88. The van der Waals surface area contributed by atoms with E-state index in [1.807, 2.05) is 6.07 Å². The first-order chi connectivity index (χ1) is 10.2. The molecule has 2 atom stereocenters. The first kappa shape index (κ1) is 17.9. The quantitative estimate of drug-likeness (QED) is 0.677. The van der Waals surface area contributed by atoms with Gasteiger partial charge in [-0.05, 0) is 25.3 Å². The third kappa shape index (κ3) is 6.42. The van der Waals surface area contributed by atoms with Crippen LogP contribution in [-0.4, -0.2) is 29.7 Å². The third-order valence-corrected chi connectivity index (χ3v) is 4.02. The maximum Gasteiger partial charge on any atom is 0.216 e. The van der Waals surface area contributed by atoms with Crippen LogP contribution in [0.25, 0.3) is 0 Å². The lowest BCUT2D eigenvalue weighted by molar-refractivity contribution is 0.313. The minimum Gasteiger partial charge on any atom is -0.481 e. The van der Waals surface area contributed by atoms with E-state index in [2.05, 4.69) is 36.1 Å². The molecule has 1 aromatic rings. The zero-order valence-electron chi connectivity index (χ0n) is 14.1. The van der Waals surface area contributed by atoms with Crippen LogP contribution in [0.2, 0.25) is 0 Å². The fourth-order valence-corrected chi connectivity index (χ4v) is 2.72. The molecule has 4 nitrogen and oxygen atoms in total. The average molecular weight is 293 g/mol. The topological polar surface area (TPSA) is 47.0 Å². The summed E-state index contributed by atoms with van der Waals surface area (Å²) in [7, 11) is 1.65. The number of ether oxygens (including phenoxy) is 1. The minimum absolute atomic E-state index is 0.487. The number of methoxy groups -OCH3 is 1. The molecule has 21 heavy (non-hydrogen) atoms. The number of hydrogen-bond acceptors (Lipinski definition) is 4. The van der Waals surface area contributed by atoms with Gasteiger partial charge < -0.3 is 10.1 Å². The summed E-state index contributed by atoms with van der Waals surface area (Å²) in [6.07, 6.45) is 8.77. The van der Waals surface area contributed by atoms with Crippen LogP contribution in [0.4, 0.5) is 0 Å². The predicted octanol–water partition coefficient (Wildman–Crippen LogP) is 3.61. The van der Waals surface area contributed by atoms with Crippen LogP contribution in [0, 0.1) is 5.92 Å². The van der Waals surface area contributed by atoms with E-state index in [-0.39, 0.29) is 0 Å². The second-order valence-corrected chi connectivity index (χ2v) is 5.63. The van der Waals surface area contributed by atoms with E-state index < -0.39 is 0 Å². The van der Waals surface area contributed by atoms with Crippen molar-refractivity contribution in [2.24, 2.45) is 5.92 Å². The van der Waals surface area contributed by atoms with E-state index in [9.17, 15) is 0 Å². The molecule has 0 bridgehead atoms. The Hall–Kier alpha value is -1.16. The molecule has 0 spiro atoms. The predicted molar refractivity (Wildman–Crippen MR) is 87.7 cm³/mol. The average Bonchev–Trinajstić information content (AvgIpc) is 2.53. The molecule has 0 saturated heterocycles. The minimum atomic E-state index is 0.487. The number of nitrogens with zero attached hydrogens (tertiary/aromatic N) is 2. The highest BCUT2D eigenvalue weighted by Gasteiger charge is 2.20. The van der Waals surface area contributed by atoms with Gasteiger partial charge in [0.2, 0.25) is 5.88 Å². The molecule has 0 aliphatic carbocycles. The van der Waals surface area contributed by atoms with Gasteiger partial charge in [-0.25, -0.2) is 9.97 Å². The van der Waals surface area contributed by atoms with E-state index in [4.69, 9.17) is 4.74 Å². The smallest absolute Gasteiger partial charge is 0.216 e. The van der Waals surface area contributed by atoms with Gasteiger partial charge in [-0.1, -0.05) is 40.0 Å². The van der Waals surface area contributed by atoms with Gasteiger partial charge in [0, 0.05) is 24.2 Å². The van der Waals surface area contributed by atoms with Crippen molar-refractivity contribution in [3.63, 3.8) is 0 Å². The van der Waals surface area contributed by atoms with Gasteiger partial charge in [0.15, 0.2) is 0 Å². The molecule has 0 aromatic carbocycles. The monoisotopic (exact) mass is 293 g/mol. The maximum atomic E-state index is 5.20. The highest BCUT2D eigenvalue weighted by molar-refractivity contribution is 5.14. The summed E-state index contributed by atoms with van der Waals surface area (Å²) in [5, 5.41) is 3.71. The molecule has 1 aromatic heterocycles. The van der Waals surface area contributed by atoms with Crippen molar-refractivity contribution < 1.29 is 4.74 Å². The van der Waals surface area contributed by atoms with Crippen molar-refractivity contribution in [2.45, 2.75) is 65.3 Å². The lowest BCUT2D eigenvalue weighted by Crippen LogP contribution is -2.38. The van der Waals surface area contributed by atoms with Gasteiger partial charge in [-0.15, -0.1) is 0 Å². The summed E-state index contributed by atoms with van der Waals surface area (Å²) < 4.78 is 5.20. The molecular weight excluding hydrogens is 262 g/mol. The number of nitrogens with one attached hydrogen (secondary N) is 1. The van der Waals surface area contributed by atoms with Gasteiger partial charge in [0.05, 0.1) is 7.11 Å². The molecule has 2 unspecified atom stereocenters. The standard InChI is InChI=1S/C17H31N3O/c1-5-8-9-14(7-3)16(18-10-6-2)11-15-12-17(21-4)20-13-19-15/h12-14,16,18H,5-11H2,1-4H3. The Kier molecular flexibility index (Phi) is 8.99. The van der Waals surface area contributed by atoms with Crippen LogP contribution >= 0.6 is 0 Å². The molecule has 0 amide bonds. The molecule has 0 fully saturated rings. The maximum absolute atomic E-state index is 5.20. The molecule has 0 aliphatic heterocycles. The molecule has 4 heteroatoms. The zero-order valence-corrected chi connectivity index (χ0v) is 14.1. The van der Waals surface area contributed by atoms with Crippen molar-refractivity contribution in [1.82, 2.24) is 15.3 Å². The number of unbranched alkanes of at least 4 members (excludes halogenated alkanes) is 1. The first-order valence-corrected chi connectivity index (χ1v) is 8.33. The SMILES string of the molecule is CCCCC(CC)C(Cc1cc(OC)ncn1)NCCC. The molecule has 1 rings (SSSR count). The third-order valence-electron chi connectivity index (χ3n) is 4.02. The van der Waals surface area contributed by atoms with Crippen molar-refractivity contribution in [3.05, 3.63) is 18.1 Å². The van der Waals surface area contributed by atoms with Gasteiger partial charge in [-0.2, -0.15) is 0 Å². The Bertz CT molecular complexity index is 384. The largest absolute Gasteiger partial charge is 0.481 e. The Morgan fingerprint density at radius 3 is 2.62 bits per heavy atom. The second kappa shape index (κ2) is 10.6. The zero-order chi connectivity index (χ0) is 15.5. The highest BCUT2D eigenvalue weighted by atomic mass is 16.5. The Morgan fingerprint density at radius 2 is 2.00 bits per heavy atom. The lowest BCUT2D eigenvalue weighted by Gasteiger charge is -2.27. The van der Waals surface area contributed by atoms with Crippen molar-refractivity contribution in [1.29, 1.82) is 0 Å². The molecule has 0 radical (unpaired) electrons. The number of hydrogen-bond donors (Lipinski definition) is 1. The summed E-state index contributed by atoms with van der Waals surface area (Å²) in [6.45, 7) is 7.83. The van der Waals surface area contributed by atoms with Gasteiger partial charge in [0.1, 0.15) is 6.33 Å². The van der Waals surface area contributed by atoms with E-state index in [0.29, 0.717) is 17.8 Å². The normalized spacial score (nSPS) is 13.9. The van der Waals surface area contributed by atoms with Crippen molar-refractivity contribution in [2.75, 3.05) is 13.7 Å². The van der Waals surface area contributed by atoms with Gasteiger partial charge >= 0.3 is 0 Å².